The SMILES string of the molecule is COc1cc(C(=O)NCCn2nc3c(cc2=O)CCC3)c([N+](=O)[O-])cc1OC. The molecule has 0 unspecified atom stereocenters. The highest BCUT2D eigenvalue weighted by Gasteiger charge is 2.24. The number of hydrogen-bond acceptors (Lipinski definition) is 7. The van der Waals surface area contributed by atoms with Crippen molar-refractivity contribution in [2.75, 3.05) is 20.8 Å². The zero-order valence-electron chi connectivity index (χ0n) is 15.6. The number of rotatable bonds is 7. The van der Waals surface area contributed by atoms with Gasteiger partial charge in [0.25, 0.3) is 17.2 Å². The van der Waals surface area contributed by atoms with Crippen LogP contribution in [0.5, 0.6) is 11.5 Å². The molecule has 10 heteroatoms. The van der Waals surface area contributed by atoms with E-state index in [9.17, 15) is 19.7 Å². The summed E-state index contributed by atoms with van der Waals surface area (Å²) in [7, 11) is 2.72. The molecular weight excluding hydrogens is 368 g/mol. The number of nitrogens with one attached hydrogen (secondary N) is 1. The molecule has 0 fully saturated rings. The van der Waals surface area contributed by atoms with Crippen LogP contribution in [0.25, 0.3) is 0 Å². The molecule has 1 amide bonds. The van der Waals surface area contributed by atoms with Crippen molar-refractivity contribution in [1.29, 1.82) is 0 Å². The Morgan fingerprint density at radius 2 is 1.96 bits per heavy atom. The molecule has 0 atom stereocenters. The number of aromatic nitrogens is 2. The summed E-state index contributed by atoms with van der Waals surface area (Å²) in [6.07, 6.45) is 2.67. The molecular formula is C18H20N4O6. The Kier molecular flexibility index (Phi) is 5.57. The summed E-state index contributed by atoms with van der Waals surface area (Å²) < 4.78 is 11.5. The van der Waals surface area contributed by atoms with Crippen LogP contribution in [0.2, 0.25) is 0 Å². The molecule has 0 saturated heterocycles. The third-order valence-electron chi connectivity index (χ3n) is 4.58. The molecule has 0 radical (unpaired) electrons. The van der Waals surface area contributed by atoms with Crippen molar-refractivity contribution in [3.05, 3.63) is 55.5 Å². The van der Waals surface area contributed by atoms with Crippen molar-refractivity contribution in [2.45, 2.75) is 25.8 Å². The van der Waals surface area contributed by atoms with E-state index < -0.39 is 16.5 Å². The molecule has 1 aliphatic carbocycles. The average molecular weight is 388 g/mol. The van der Waals surface area contributed by atoms with Crippen molar-refractivity contribution < 1.29 is 19.2 Å². The van der Waals surface area contributed by atoms with E-state index in [1.54, 1.807) is 6.07 Å². The molecule has 1 aromatic heterocycles. The predicted octanol–water partition coefficient (Wildman–Crippen LogP) is 1.09. The molecule has 28 heavy (non-hydrogen) atoms. The number of carbonyl (C=O) groups excluding carboxylic acids is 1. The third kappa shape index (κ3) is 3.80. The van der Waals surface area contributed by atoms with Crippen LogP contribution < -0.4 is 20.3 Å². The van der Waals surface area contributed by atoms with Gasteiger partial charge < -0.3 is 14.8 Å². The molecule has 0 bridgehead atoms. The van der Waals surface area contributed by atoms with E-state index >= 15 is 0 Å². The van der Waals surface area contributed by atoms with Gasteiger partial charge in [0.1, 0.15) is 5.56 Å². The topological polar surface area (TPSA) is 126 Å². The number of ether oxygens (including phenoxy) is 2. The molecule has 0 spiro atoms. The maximum absolute atomic E-state index is 12.5. The van der Waals surface area contributed by atoms with Gasteiger partial charge in [-0.1, -0.05) is 0 Å². The first-order valence-electron chi connectivity index (χ1n) is 8.73. The molecule has 1 aliphatic rings. The molecule has 148 valence electrons. The van der Waals surface area contributed by atoms with Crippen LogP contribution in [0, 0.1) is 10.1 Å². The highest BCUT2D eigenvalue weighted by atomic mass is 16.6. The number of aryl methyl sites for hydroxylation is 2. The second-order valence-electron chi connectivity index (χ2n) is 6.27. The molecule has 1 heterocycles. The summed E-state index contributed by atoms with van der Waals surface area (Å²) in [6.45, 7) is 0.259. The Bertz CT molecular complexity index is 985. The molecule has 1 N–H and O–H groups in total. The van der Waals surface area contributed by atoms with Crippen molar-refractivity contribution in [2.24, 2.45) is 0 Å². The molecule has 3 rings (SSSR count). The summed E-state index contributed by atoms with van der Waals surface area (Å²) >= 11 is 0. The van der Waals surface area contributed by atoms with Gasteiger partial charge in [0, 0.05) is 18.7 Å². The van der Waals surface area contributed by atoms with Crippen LogP contribution >= 0.6 is 0 Å². The summed E-state index contributed by atoms with van der Waals surface area (Å²) in [4.78, 5) is 35.2. The number of amides is 1. The van der Waals surface area contributed by atoms with Crippen LogP contribution in [-0.2, 0) is 19.4 Å². The molecule has 2 aromatic rings. The largest absolute Gasteiger partial charge is 0.493 e. The second-order valence-corrected chi connectivity index (χ2v) is 6.27. The van der Waals surface area contributed by atoms with E-state index in [1.807, 2.05) is 0 Å². The maximum atomic E-state index is 12.5. The fourth-order valence-electron chi connectivity index (χ4n) is 3.17. The minimum atomic E-state index is -0.663. The predicted molar refractivity (Wildman–Crippen MR) is 99.1 cm³/mol. The van der Waals surface area contributed by atoms with Crippen LogP contribution in [0.3, 0.4) is 0 Å². The Balaban J connectivity index is 1.75. The molecule has 10 nitrogen and oxygen atoms in total. The summed E-state index contributed by atoms with van der Waals surface area (Å²) in [5.41, 5.74) is 1.10. The van der Waals surface area contributed by atoms with Gasteiger partial charge in [-0.05, 0) is 24.8 Å². The lowest BCUT2D eigenvalue weighted by Gasteiger charge is -2.11. The fraction of sp³-hybridized carbons (Fsp3) is 0.389. The summed E-state index contributed by atoms with van der Waals surface area (Å²) in [5, 5.41) is 18.2. The van der Waals surface area contributed by atoms with Crippen molar-refractivity contribution in [3.8, 4) is 11.5 Å². The Morgan fingerprint density at radius 1 is 1.25 bits per heavy atom. The number of fused-ring (bicyclic) bond motifs is 1. The van der Waals surface area contributed by atoms with Crippen LogP contribution in [0.4, 0.5) is 5.69 Å². The number of methoxy groups -OCH3 is 2. The number of nitro groups is 1. The smallest absolute Gasteiger partial charge is 0.286 e. The van der Waals surface area contributed by atoms with E-state index in [0.717, 1.165) is 36.6 Å². The van der Waals surface area contributed by atoms with E-state index in [0.29, 0.717) is 0 Å². The van der Waals surface area contributed by atoms with E-state index in [1.165, 1.54) is 25.0 Å². The summed E-state index contributed by atoms with van der Waals surface area (Å²) in [6, 6.07) is 3.97. The minimum Gasteiger partial charge on any atom is -0.493 e. The molecule has 0 saturated carbocycles. The first-order chi connectivity index (χ1) is 13.4. The molecule has 1 aromatic carbocycles. The first-order valence-corrected chi connectivity index (χ1v) is 8.73. The van der Waals surface area contributed by atoms with Crippen LogP contribution in [-0.4, -0.2) is 41.4 Å². The zero-order chi connectivity index (χ0) is 20.3. The number of hydrogen-bond donors (Lipinski definition) is 1. The number of carbonyl (C=O) groups is 1. The highest BCUT2D eigenvalue weighted by molar-refractivity contribution is 5.99. The van der Waals surface area contributed by atoms with E-state index in [-0.39, 0.29) is 35.7 Å². The van der Waals surface area contributed by atoms with E-state index in [4.69, 9.17) is 9.47 Å². The number of benzene rings is 1. The Labute approximate surface area is 160 Å². The lowest BCUT2D eigenvalue weighted by atomic mass is 10.1. The van der Waals surface area contributed by atoms with Crippen molar-refractivity contribution in [1.82, 2.24) is 15.1 Å². The number of nitrogens with zero attached hydrogens (tertiary/aromatic N) is 3. The highest BCUT2D eigenvalue weighted by Crippen LogP contribution is 2.34. The van der Waals surface area contributed by atoms with Gasteiger partial charge in [-0.3, -0.25) is 19.7 Å². The normalized spacial score (nSPS) is 12.4. The van der Waals surface area contributed by atoms with Gasteiger partial charge in [-0.15, -0.1) is 0 Å². The van der Waals surface area contributed by atoms with Crippen LogP contribution in [0.15, 0.2) is 23.0 Å². The van der Waals surface area contributed by atoms with Crippen LogP contribution in [0.1, 0.15) is 28.0 Å². The van der Waals surface area contributed by atoms with Crippen molar-refractivity contribution in [3.63, 3.8) is 0 Å². The lowest BCUT2D eigenvalue weighted by Crippen LogP contribution is -2.32. The van der Waals surface area contributed by atoms with Gasteiger partial charge in [0.15, 0.2) is 11.5 Å². The zero-order valence-corrected chi connectivity index (χ0v) is 15.6. The first kappa shape index (κ1) is 19.3. The van der Waals surface area contributed by atoms with Gasteiger partial charge in [-0.25, -0.2) is 4.68 Å². The maximum Gasteiger partial charge on any atom is 0.286 e. The average Bonchev–Trinajstić information content (AvgIpc) is 3.13. The second kappa shape index (κ2) is 8.07. The standard InChI is InChI=1S/C18H20N4O6/c1-27-15-9-12(14(22(25)26)10-16(15)28-2)18(24)19-6-7-21-17(23)8-11-4-3-5-13(11)20-21/h8-10H,3-7H2,1-2H3,(H,19,24). The Morgan fingerprint density at radius 3 is 2.64 bits per heavy atom. The fourth-order valence-corrected chi connectivity index (χ4v) is 3.17. The van der Waals surface area contributed by atoms with Gasteiger partial charge >= 0.3 is 0 Å². The monoisotopic (exact) mass is 388 g/mol. The Hall–Kier alpha value is -3.43. The van der Waals surface area contributed by atoms with Gasteiger partial charge in [-0.2, -0.15) is 5.10 Å². The third-order valence-corrected chi connectivity index (χ3v) is 4.58. The van der Waals surface area contributed by atoms with Gasteiger partial charge in [0.05, 0.1) is 37.4 Å². The minimum absolute atomic E-state index is 0.0933. The quantitative estimate of drug-likeness (QED) is 0.556. The van der Waals surface area contributed by atoms with E-state index in [2.05, 4.69) is 10.4 Å². The molecule has 0 aliphatic heterocycles. The summed E-state index contributed by atoms with van der Waals surface area (Å²) in [5.74, 6) is -0.295. The van der Waals surface area contributed by atoms with Crippen molar-refractivity contribution >= 4 is 11.6 Å². The van der Waals surface area contributed by atoms with Gasteiger partial charge in [0.2, 0.25) is 0 Å². The lowest BCUT2D eigenvalue weighted by molar-refractivity contribution is -0.385. The number of nitro benzene ring substituents is 1.